The molecule has 3 heterocycles. The second kappa shape index (κ2) is 9.20. The molecule has 4 rings (SSSR count). The standard InChI is InChI=1S/C22H24ClN3O3S/c1-14-8-15-9-16(21(27)25-20(15)10-19(14)23)12-26(13-18-5-3-7-29-18)22(30)24-11-17-4-2-6-28-17/h3,5,7-10,17H,2,4,6,11-13H2,1H3,(H,24,30)(H,25,27)/t17-/m0/s1. The minimum Gasteiger partial charge on any atom is -0.467 e. The highest BCUT2D eigenvalue weighted by atomic mass is 35.5. The van der Waals surface area contributed by atoms with E-state index in [0.717, 1.165) is 41.7 Å². The van der Waals surface area contributed by atoms with Crippen molar-refractivity contribution in [2.75, 3.05) is 13.2 Å². The smallest absolute Gasteiger partial charge is 0.253 e. The van der Waals surface area contributed by atoms with Crippen molar-refractivity contribution < 1.29 is 9.15 Å². The van der Waals surface area contributed by atoms with Crippen LogP contribution in [0.15, 0.2) is 45.8 Å². The number of pyridine rings is 1. The molecule has 3 aromatic rings. The van der Waals surface area contributed by atoms with Gasteiger partial charge in [-0.3, -0.25) is 4.79 Å². The van der Waals surface area contributed by atoms with Crippen LogP contribution in [0.3, 0.4) is 0 Å². The van der Waals surface area contributed by atoms with E-state index >= 15 is 0 Å². The van der Waals surface area contributed by atoms with Crippen molar-refractivity contribution in [3.63, 3.8) is 0 Å². The molecule has 1 atom stereocenters. The Kier molecular flexibility index (Phi) is 6.41. The van der Waals surface area contributed by atoms with Gasteiger partial charge in [-0.2, -0.15) is 0 Å². The van der Waals surface area contributed by atoms with Gasteiger partial charge in [0.15, 0.2) is 5.11 Å². The van der Waals surface area contributed by atoms with Crippen molar-refractivity contribution >= 4 is 39.8 Å². The maximum Gasteiger partial charge on any atom is 0.253 e. The number of furan rings is 1. The first-order chi connectivity index (χ1) is 14.5. The maximum atomic E-state index is 12.7. The van der Waals surface area contributed by atoms with Gasteiger partial charge in [-0.25, -0.2) is 0 Å². The van der Waals surface area contributed by atoms with E-state index < -0.39 is 0 Å². The van der Waals surface area contributed by atoms with Gasteiger partial charge in [-0.1, -0.05) is 11.6 Å². The molecule has 0 spiro atoms. The van der Waals surface area contributed by atoms with Gasteiger partial charge in [0, 0.05) is 29.3 Å². The second-order valence-electron chi connectivity index (χ2n) is 7.57. The average Bonchev–Trinajstić information content (AvgIpc) is 3.42. The van der Waals surface area contributed by atoms with E-state index in [0.29, 0.717) is 35.3 Å². The summed E-state index contributed by atoms with van der Waals surface area (Å²) in [6.45, 7) is 4.21. The van der Waals surface area contributed by atoms with E-state index in [1.807, 2.05) is 36.1 Å². The molecule has 0 bridgehead atoms. The largest absolute Gasteiger partial charge is 0.467 e. The number of hydrogen-bond donors (Lipinski definition) is 2. The third-order valence-electron chi connectivity index (χ3n) is 5.28. The molecule has 0 unspecified atom stereocenters. The molecule has 6 nitrogen and oxygen atoms in total. The molecule has 1 fully saturated rings. The predicted molar refractivity (Wildman–Crippen MR) is 122 cm³/mol. The van der Waals surface area contributed by atoms with Gasteiger partial charge in [-0.15, -0.1) is 0 Å². The lowest BCUT2D eigenvalue weighted by molar-refractivity contribution is 0.113. The lowest BCUT2D eigenvalue weighted by Crippen LogP contribution is -2.42. The summed E-state index contributed by atoms with van der Waals surface area (Å²) in [6.07, 6.45) is 3.90. The molecular weight excluding hydrogens is 422 g/mol. The number of halogens is 1. The van der Waals surface area contributed by atoms with Crippen LogP contribution in [-0.2, 0) is 17.8 Å². The number of hydrogen-bond acceptors (Lipinski definition) is 4. The van der Waals surface area contributed by atoms with Gasteiger partial charge < -0.3 is 24.4 Å². The molecule has 1 aliphatic heterocycles. The zero-order valence-electron chi connectivity index (χ0n) is 16.7. The highest BCUT2D eigenvalue weighted by Crippen LogP contribution is 2.22. The summed E-state index contributed by atoms with van der Waals surface area (Å²) in [4.78, 5) is 17.6. The van der Waals surface area contributed by atoms with E-state index in [9.17, 15) is 4.79 Å². The SMILES string of the molecule is Cc1cc2cc(CN(Cc3ccco3)C(=S)NC[C@@H]3CCCO3)c(=O)[nH]c2cc1Cl. The minimum absolute atomic E-state index is 0.159. The highest BCUT2D eigenvalue weighted by molar-refractivity contribution is 7.80. The predicted octanol–water partition coefficient (Wildman–Crippen LogP) is 4.14. The van der Waals surface area contributed by atoms with Gasteiger partial charge >= 0.3 is 0 Å². The summed E-state index contributed by atoms with van der Waals surface area (Å²) in [5.41, 5.74) is 2.14. The van der Waals surface area contributed by atoms with Crippen LogP contribution < -0.4 is 10.9 Å². The molecule has 2 aromatic heterocycles. The zero-order chi connectivity index (χ0) is 21.1. The number of fused-ring (bicyclic) bond motifs is 1. The van der Waals surface area contributed by atoms with Crippen LogP contribution in [-0.4, -0.2) is 34.3 Å². The summed E-state index contributed by atoms with van der Waals surface area (Å²) >= 11 is 11.8. The fourth-order valence-corrected chi connectivity index (χ4v) is 3.99. The average molecular weight is 446 g/mol. The zero-order valence-corrected chi connectivity index (χ0v) is 18.3. The molecule has 1 saturated heterocycles. The van der Waals surface area contributed by atoms with Crippen LogP contribution in [0.5, 0.6) is 0 Å². The Morgan fingerprint density at radius 2 is 2.23 bits per heavy atom. The molecule has 0 radical (unpaired) electrons. The first-order valence-corrected chi connectivity index (χ1v) is 10.8. The van der Waals surface area contributed by atoms with Crippen molar-refractivity contribution in [1.29, 1.82) is 0 Å². The minimum atomic E-state index is -0.159. The fourth-order valence-electron chi connectivity index (χ4n) is 3.62. The summed E-state index contributed by atoms with van der Waals surface area (Å²) in [6, 6.07) is 9.39. The third-order valence-corrected chi connectivity index (χ3v) is 6.09. The van der Waals surface area contributed by atoms with Gasteiger partial charge in [0.05, 0.1) is 25.5 Å². The third kappa shape index (κ3) is 4.86. The Morgan fingerprint density at radius 1 is 1.37 bits per heavy atom. The number of nitrogens with zero attached hydrogens (tertiary/aromatic N) is 1. The Balaban J connectivity index is 1.57. The number of aromatic amines is 1. The summed E-state index contributed by atoms with van der Waals surface area (Å²) in [5.74, 6) is 0.774. The number of nitrogens with one attached hydrogen (secondary N) is 2. The number of thiocarbonyl (C=S) groups is 1. The van der Waals surface area contributed by atoms with E-state index in [4.69, 9.17) is 33.0 Å². The van der Waals surface area contributed by atoms with Gasteiger partial charge in [0.2, 0.25) is 0 Å². The van der Waals surface area contributed by atoms with Crippen LogP contribution in [0, 0.1) is 6.92 Å². The molecule has 2 N–H and O–H groups in total. The van der Waals surface area contributed by atoms with Crippen molar-refractivity contribution in [2.45, 2.75) is 39.0 Å². The van der Waals surface area contributed by atoms with E-state index in [2.05, 4.69) is 10.3 Å². The number of ether oxygens (including phenoxy) is 1. The van der Waals surface area contributed by atoms with E-state index in [1.54, 1.807) is 12.3 Å². The molecule has 30 heavy (non-hydrogen) atoms. The van der Waals surface area contributed by atoms with Gasteiger partial charge in [0.1, 0.15) is 5.76 Å². The van der Waals surface area contributed by atoms with Crippen molar-refractivity contribution in [3.05, 3.63) is 68.9 Å². The number of rotatable bonds is 6. The summed E-state index contributed by atoms with van der Waals surface area (Å²) in [7, 11) is 0. The van der Waals surface area contributed by atoms with E-state index in [1.165, 1.54) is 0 Å². The van der Waals surface area contributed by atoms with Gasteiger partial charge in [0.25, 0.3) is 5.56 Å². The Hall–Kier alpha value is -2.35. The molecule has 8 heteroatoms. The topological polar surface area (TPSA) is 70.5 Å². The fraction of sp³-hybridized carbons (Fsp3) is 0.364. The molecular formula is C22H24ClN3O3S. The number of aromatic nitrogens is 1. The van der Waals surface area contributed by atoms with Crippen molar-refractivity contribution in [1.82, 2.24) is 15.2 Å². The van der Waals surface area contributed by atoms with Crippen molar-refractivity contribution in [2.24, 2.45) is 0 Å². The van der Waals surface area contributed by atoms with Crippen LogP contribution in [0.2, 0.25) is 5.02 Å². The number of aryl methyl sites for hydroxylation is 1. The van der Waals surface area contributed by atoms with Crippen LogP contribution in [0.1, 0.15) is 29.7 Å². The molecule has 0 amide bonds. The summed E-state index contributed by atoms with van der Waals surface area (Å²) in [5, 5.41) is 5.42. The Bertz CT molecular complexity index is 1090. The van der Waals surface area contributed by atoms with Crippen molar-refractivity contribution in [3.8, 4) is 0 Å². The van der Waals surface area contributed by atoms with Crippen LogP contribution in [0.4, 0.5) is 0 Å². The molecule has 158 valence electrons. The lowest BCUT2D eigenvalue weighted by atomic mass is 10.1. The molecule has 1 aliphatic rings. The monoisotopic (exact) mass is 445 g/mol. The molecule has 1 aromatic carbocycles. The van der Waals surface area contributed by atoms with Gasteiger partial charge in [-0.05, 0) is 73.3 Å². The Labute approximate surface area is 185 Å². The highest BCUT2D eigenvalue weighted by Gasteiger charge is 2.19. The van der Waals surface area contributed by atoms with Crippen LogP contribution >= 0.6 is 23.8 Å². The molecule has 0 aliphatic carbocycles. The quantitative estimate of drug-likeness (QED) is 0.556. The Morgan fingerprint density at radius 3 is 2.97 bits per heavy atom. The number of H-pyrrole nitrogens is 1. The second-order valence-corrected chi connectivity index (χ2v) is 8.36. The van der Waals surface area contributed by atoms with Crippen LogP contribution in [0.25, 0.3) is 10.9 Å². The first-order valence-electron chi connectivity index (χ1n) is 9.98. The summed E-state index contributed by atoms with van der Waals surface area (Å²) < 4.78 is 11.2. The normalized spacial score (nSPS) is 16.1. The molecule has 0 saturated carbocycles. The maximum absolute atomic E-state index is 12.7. The van der Waals surface area contributed by atoms with E-state index in [-0.39, 0.29) is 11.7 Å². The first kappa shape index (κ1) is 20.9. The lowest BCUT2D eigenvalue weighted by Gasteiger charge is -2.26. The number of benzene rings is 1.